The molecule has 5 nitrogen and oxygen atoms in total. The molecule has 0 aromatic carbocycles. The Morgan fingerprint density at radius 2 is 1.33 bits per heavy atom. The Morgan fingerprint density at radius 1 is 0.944 bits per heavy atom. The lowest BCUT2D eigenvalue weighted by atomic mass is 9.77. The number of aromatic nitrogens is 2. The minimum atomic E-state index is -0.435. The molecule has 6 heteroatoms. The molecular formula is C12H20BN3O2. The molecule has 1 aliphatic rings. The molecule has 0 amide bonds. The Labute approximate surface area is 108 Å². The minimum absolute atomic E-state index is 0.283. The van der Waals surface area contributed by atoms with E-state index in [-0.39, 0.29) is 17.2 Å². The SMILES string of the molecule is Cc1nc(N)nc(C)c1B1OC(C)(C)C(C)(C)O1. The third-order valence-corrected chi connectivity index (χ3v) is 3.83. The second-order valence-corrected chi connectivity index (χ2v) is 5.75. The highest BCUT2D eigenvalue weighted by Crippen LogP contribution is 2.36. The molecule has 0 atom stereocenters. The molecule has 0 radical (unpaired) electrons. The van der Waals surface area contributed by atoms with Gasteiger partial charge >= 0.3 is 7.12 Å². The lowest BCUT2D eigenvalue weighted by Crippen LogP contribution is -2.41. The average molecular weight is 249 g/mol. The van der Waals surface area contributed by atoms with Crippen molar-refractivity contribution in [3.63, 3.8) is 0 Å². The van der Waals surface area contributed by atoms with Crippen LogP contribution >= 0.6 is 0 Å². The molecule has 0 bridgehead atoms. The minimum Gasteiger partial charge on any atom is -0.399 e. The summed E-state index contributed by atoms with van der Waals surface area (Å²) in [5.41, 5.74) is 7.39. The van der Waals surface area contributed by atoms with Crippen molar-refractivity contribution in [2.75, 3.05) is 5.73 Å². The van der Waals surface area contributed by atoms with E-state index in [1.807, 2.05) is 41.5 Å². The highest BCUT2D eigenvalue weighted by atomic mass is 16.7. The van der Waals surface area contributed by atoms with Crippen LogP contribution in [0.3, 0.4) is 0 Å². The van der Waals surface area contributed by atoms with Crippen molar-refractivity contribution in [2.45, 2.75) is 52.7 Å². The fraction of sp³-hybridized carbons (Fsp3) is 0.667. The van der Waals surface area contributed by atoms with Crippen LogP contribution in [-0.4, -0.2) is 28.3 Å². The second kappa shape index (κ2) is 3.93. The zero-order chi connectivity index (χ0) is 13.7. The largest absolute Gasteiger partial charge is 0.498 e. The van der Waals surface area contributed by atoms with Crippen LogP contribution in [0.1, 0.15) is 39.1 Å². The smallest absolute Gasteiger partial charge is 0.399 e. The summed E-state index contributed by atoms with van der Waals surface area (Å²) < 4.78 is 12.0. The fourth-order valence-electron chi connectivity index (χ4n) is 2.05. The van der Waals surface area contributed by atoms with Crippen molar-refractivity contribution < 1.29 is 9.31 Å². The number of nitrogens with zero attached hydrogens (tertiary/aromatic N) is 2. The zero-order valence-electron chi connectivity index (χ0n) is 11.9. The van der Waals surface area contributed by atoms with Crippen molar-refractivity contribution in [2.24, 2.45) is 0 Å². The summed E-state index contributed by atoms with van der Waals surface area (Å²) in [5, 5.41) is 0. The van der Waals surface area contributed by atoms with Crippen molar-refractivity contribution in [3.8, 4) is 0 Å². The first-order valence-electron chi connectivity index (χ1n) is 6.10. The summed E-state index contributed by atoms with van der Waals surface area (Å²) >= 11 is 0. The molecule has 1 aromatic rings. The highest BCUT2D eigenvalue weighted by molar-refractivity contribution is 6.63. The van der Waals surface area contributed by atoms with Crippen LogP contribution < -0.4 is 11.2 Å². The van der Waals surface area contributed by atoms with Crippen LogP contribution in [0.4, 0.5) is 5.95 Å². The number of aryl methyl sites for hydroxylation is 2. The summed E-state index contributed by atoms with van der Waals surface area (Å²) in [7, 11) is -0.435. The Hall–Kier alpha value is -1.14. The number of hydrogen-bond acceptors (Lipinski definition) is 5. The van der Waals surface area contributed by atoms with Crippen LogP contribution in [0.25, 0.3) is 0 Å². The first-order chi connectivity index (χ1) is 8.14. The highest BCUT2D eigenvalue weighted by Gasteiger charge is 2.52. The van der Waals surface area contributed by atoms with Gasteiger partial charge in [-0.3, -0.25) is 0 Å². The second-order valence-electron chi connectivity index (χ2n) is 5.75. The predicted octanol–water partition coefficient (Wildman–Crippen LogP) is 0.975. The van der Waals surface area contributed by atoms with Gasteiger partial charge in [0.25, 0.3) is 0 Å². The third kappa shape index (κ3) is 1.99. The molecule has 0 unspecified atom stereocenters. The Balaban J connectivity index is 2.42. The molecule has 2 rings (SSSR count). The van der Waals surface area contributed by atoms with Crippen LogP contribution in [0, 0.1) is 13.8 Å². The number of anilines is 1. The third-order valence-electron chi connectivity index (χ3n) is 3.83. The molecule has 1 aliphatic heterocycles. The van der Waals surface area contributed by atoms with Gasteiger partial charge in [-0.05, 0) is 41.5 Å². The van der Waals surface area contributed by atoms with Gasteiger partial charge in [-0.25, -0.2) is 9.97 Å². The monoisotopic (exact) mass is 249 g/mol. The van der Waals surface area contributed by atoms with Crippen molar-refractivity contribution >= 4 is 18.5 Å². The molecule has 98 valence electrons. The topological polar surface area (TPSA) is 70.3 Å². The fourth-order valence-corrected chi connectivity index (χ4v) is 2.05. The van der Waals surface area contributed by atoms with Crippen LogP contribution in [-0.2, 0) is 9.31 Å². The Kier molecular flexibility index (Phi) is 2.90. The van der Waals surface area contributed by atoms with E-state index in [1.165, 1.54) is 0 Å². The normalized spacial score (nSPS) is 21.3. The zero-order valence-corrected chi connectivity index (χ0v) is 11.9. The molecule has 0 spiro atoms. The van der Waals surface area contributed by atoms with E-state index in [0.29, 0.717) is 0 Å². The average Bonchev–Trinajstić information content (AvgIpc) is 2.32. The van der Waals surface area contributed by atoms with Crippen LogP contribution in [0.2, 0.25) is 0 Å². The lowest BCUT2D eigenvalue weighted by molar-refractivity contribution is 0.00578. The van der Waals surface area contributed by atoms with Gasteiger partial charge in [-0.2, -0.15) is 0 Å². The van der Waals surface area contributed by atoms with Gasteiger partial charge < -0.3 is 15.0 Å². The molecule has 2 heterocycles. The van der Waals surface area contributed by atoms with Gasteiger partial charge in [-0.1, -0.05) is 0 Å². The maximum absolute atomic E-state index is 6.01. The number of nitrogen functional groups attached to an aromatic ring is 1. The molecule has 1 aromatic heterocycles. The van der Waals surface area contributed by atoms with E-state index in [4.69, 9.17) is 15.0 Å². The molecule has 0 saturated carbocycles. The summed E-state index contributed by atoms with van der Waals surface area (Å²) in [4.78, 5) is 8.36. The van der Waals surface area contributed by atoms with Crippen LogP contribution in [0.5, 0.6) is 0 Å². The number of hydrogen-bond donors (Lipinski definition) is 1. The lowest BCUT2D eigenvalue weighted by Gasteiger charge is -2.32. The van der Waals surface area contributed by atoms with Gasteiger partial charge in [-0.15, -0.1) is 0 Å². The van der Waals surface area contributed by atoms with E-state index in [0.717, 1.165) is 16.9 Å². The number of nitrogens with two attached hydrogens (primary N) is 1. The first-order valence-corrected chi connectivity index (χ1v) is 6.10. The van der Waals surface area contributed by atoms with Crippen molar-refractivity contribution in [3.05, 3.63) is 11.4 Å². The summed E-state index contributed by atoms with van der Waals surface area (Å²) in [6.07, 6.45) is 0. The van der Waals surface area contributed by atoms with Gasteiger partial charge in [0.15, 0.2) is 0 Å². The maximum Gasteiger partial charge on any atom is 0.498 e. The summed E-state index contributed by atoms with van der Waals surface area (Å²) in [6.45, 7) is 11.9. The molecule has 18 heavy (non-hydrogen) atoms. The van der Waals surface area contributed by atoms with E-state index >= 15 is 0 Å². The molecule has 0 aliphatic carbocycles. The standard InChI is InChI=1S/C12H20BN3O2/c1-7-9(8(2)16-10(14)15-7)13-17-11(3,4)12(5,6)18-13/h1-6H3,(H2,14,15,16). The van der Waals surface area contributed by atoms with Gasteiger partial charge in [0.2, 0.25) is 5.95 Å². The quantitative estimate of drug-likeness (QED) is 0.751. The van der Waals surface area contributed by atoms with Gasteiger partial charge in [0.1, 0.15) is 0 Å². The Morgan fingerprint density at radius 3 is 1.72 bits per heavy atom. The van der Waals surface area contributed by atoms with Crippen LogP contribution in [0.15, 0.2) is 0 Å². The predicted molar refractivity (Wildman–Crippen MR) is 71.6 cm³/mol. The van der Waals surface area contributed by atoms with E-state index in [1.54, 1.807) is 0 Å². The molecule has 1 fully saturated rings. The molecule has 2 N–H and O–H groups in total. The van der Waals surface area contributed by atoms with Gasteiger partial charge in [0, 0.05) is 16.9 Å². The van der Waals surface area contributed by atoms with Crippen molar-refractivity contribution in [1.29, 1.82) is 0 Å². The first kappa shape index (κ1) is 13.3. The van der Waals surface area contributed by atoms with E-state index in [2.05, 4.69) is 9.97 Å². The Bertz CT molecular complexity index is 449. The van der Waals surface area contributed by atoms with Gasteiger partial charge in [0.05, 0.1) is 11.2 Å². The summed E-state index contributed by atoms with van der Waals surface area (Å²) in [6, 6.07) is 0. The summed E-state index contributed by atoms with van der Waals surface area (Å²) in [5.74, 6) is 0.283. The molecule has 1 saturated heterocycles. The maximum atomic E-state index is 6.01. The van der Waals surface area contributed by atoms with Crippen molar-refractivity contribution in [1.82, 2.24) is 9.97 Å². The molecular weight excluding hydrogens is 229 g/mol. The van der Waals surface area contributed by atoms with E-state index in [9.17, 15) is 0 Å². The number of rotatable bonds is 1. The van der Waals surface area contributed by atoms with E-state index < -0.39 is 7.12 Å².